The Morgan fingerprint density at radius 1 is 1.28 bits per heavy atom. The van der Waals surface area contributed by atoms with E-state index in [4.69, 9.17) is 11.6 Å². The molecule has 90 valence electrons. The minimum Gasteiger partial charge on any atom is -0.313 e. The second-order valence-corrected chi connectivity index (χ2v) is 5.37. The smallest absolute Gasteiger partial charge is 0.313 e. The average molecular weight is 372 g/mol. The molecule has 1 aromatic carbocycles. The topological polar surface area (TPSA) is 50.2 Å². The lowest BCUT2D eigenvalue weighted by Gasteiger charge is -1.95. The maximum absolute atomic E-state index is 11.7. The van der Waals surface area contributed by atoms with Gasteiger partial charge < -0.3 is 4.98 Å². The van der Waals surface area contributed by atoms with Gasteiger partial charge in [0.05, 0.1) is 9.26 Å². The zero-order chi connectivity index (χ0) is 12.7. The van der Waals surface area contributed by atoms with Gasteiger partial charge in [-0.05, 0) is 34.7 Å². The molecule has 0 saturated heterocycles. The third-order valence-electron chi connectivity index (χ3n) is 2.60. The predicted molar refractivity (Wildman–Crippen MR) is 79.0 cm³/mol. The number of nitrogens with one attached hydrogen (secondary N) is 1. The Morgan fingerprint density at radius 3 is 2.67 bits per heavy atom. The van der Waals surface area contributed by atoms with Gasteiger partial charge in [0.15, 0.2) is 5.65 Å². The number of hydrogen-bond acceptors (Lipinski definition) is 2. The van der Waals surface area contributed by atoms with Gasteiger partial charge in [0.2, 0.25) is 0 Å². The zero-order valence-electron chi connectivity index (χ0n) is 9.02. The van der Waals surface area contributed by atoms with Crippen LogP contribution in [-0.4, -0.2) is 14.4 Å². The molecular formula is C12H7ClIN3O. The molecule has 0 spiro atoms. The summed E-state index contributed by atoms with van der Waals surface area (Å²) in [6.07, 6.45) is 3.37. The van der Waals surface area contributed by atoms with E-state index < -0.39 is 0 Å². The van der Waals surface area contributed by atoms with Crippen LogP contribution >= 0.6 is 34.2 Å². The summed E-state index contributed by atoms with van der Waals surface area (Å²) >= 11 is 7.98. The molecule has 2 heterocycles. The Balaban J connectivity index is 2.25. The summed E-state index contributed by atoms with van der Waals surface area (Å²) in [7, 11) is 0. The number of rotatable bonds is 1. The second kappa shape index (κ2) is 4.40. The Kier molecular flexibility index (Phi) is 2.87. The SMILES string of the molecule is O=c1[nH]cc(I)c2nc(-c3ccc(Cl)cc3)cn12. The number of benzene rings is 1. The molecule has 2 aromatic heterocycles. The maximum Gasteiger partial charge on any atom is 0.331 e. The van der Waals surface area contributed by atoms with E-state index in [2.05, 4.69) is 32.6 Å². The van der Waals surface area contributed by atoms with Gasteiger partial charge in [0, 0.05) is 23.0 Å². The van der Waals surface area contributed by atoms with E-state index in [-0.39, 0.29) is 5.69 Å². The van der Waals surface area contributed by atoms with E-state index in [9.17, 15) is 4.79 Å². The van der Waals surface area contributed by atoms with Crippen LogP contribution < -0.4 is 5.69 Å². The number of hydrogen-bond donors (Lipinski definition) is 1. The Labute approximate surface area is 121 Å². The lowest BCUT2D eigenvalue weighted by atomic mass is 10.2. The summed E-state index contributed by atoms with van der Waals surface area (Å²) in [6, 6.07) is 7.36. The number of aromatic nitrogens is 3. The number of nitrogens with zero attached hydrogens (tertiary/aromatic N) is 2. The average Bonchev–Trinajstić information content (AvgIpc) is 2.81. The first-order chi connectivity index (χ1) is 8.65. The molecule has 1 N–H and O–H groups in total. The summed E-state index contributed by atoms with van der Waals surface area (Å²) in [6.45, 7) is 0. The molecule has 0 saturated carbocycles. The van der Waals surface area contributed by atoms with Crippen molar-refractivity contribution in [3.8, 4) is 11.3 Å². The van der Waals surface area contributed by atoms with Crippen molar-refractivity contribution >= 4 is 39.8 Å². The second-order valence-electron chi connectivity index (χ2n) is 3.77. The molecular weight excluding hydrogens is 365 g/mol. The standard InChI is InChI=1S/C12H7ClIN3O/c13-8-3-1-7(2-4-8)10-6-17-11(16-10)9(14)5-15-12(17)18/h1-6H,(H,15,18). The number of fused-ring (bicyclic) bond motifs is 1. The maximum atomic E-state index is 11.7. The molecule has 0 radical (unpaired) electrons. The summed E-state index contributed by atoms with van der Waals surface area (Å²) in [4.78, 5) is 18.8. The van der Waals surface area contributed by atoms with Crippen LogP contribution in [0, 0.1) is 3.57 Å². The monoisotopic (exact) mass is 371 g/mol. The molecule has 6 heteroatoms. The number of halogens is 2. The summed E-state index contributed by atoms with van der Waals surface area (Å²) in [5, 5.41) is 0.676. The first-order valence-corrected chi connectivity index (χ1v) is 6.63. The van der Waals surface area contributed by atoms with Crippen LogP contribution in [0.25, 0.3) is 16.9 Å². The summed E-state index contributed by atoms with van der Waals surface area (Å²) in [5.74, 6) is 0. The molecule has 3 rings (SSSR count). The molecule has 0 aliphatic rings. The van der Waals surface area contributed by atoms with Gasteiger partial charge in [-0.15, -0.1) is 0 Å². The first-order valence-electron chi connectivity index (χ1n) is 5.17. The minimum absolute atomic E-state index is 0.196. The van der Waals surface area contributed by atoms with Crippen molar-refractivity contribution in [2.24, 2.45) is 0 Å². The molecule has 18 heavy (non-hydrogen) atoms. The van der Waals surface area contributed by atoms with Gasteiger partial charge in [-0.1, -0.05) is 23.7 Å². The van der Waals surface area contributed by atoms with Gasteiger partial charge in [-0.25, -0.2) is 14.2 Å². The zero-order valence-corrected chi connectivity index (χ0v) is 11.9. The number of imidazole rings is 1. The van der Waals surface area contributed by atoms with Crippen LogP contribution in [0.4, 0.5) is 0 Å². The van der Waals surface area contributed by atoms with E-state index >= 15 is 0 Å². The first kappa shape index (κ1) is 11.7. The molecule has 0 amide bonds. The molecule has 3 aromatic rings. The predicted octanol–water partition coefficient (Wildman–Crippen LogP) is 2.95. The highest BCUT2D eigenvalue weighted by Gasteiger charge is 2.08. The van der Waals surface area contributed by atoms with Gasteiger partial charge >= 0.3 is 5.69 Å². The Hall–Kier alpha value is -1.34. The largest absolute Gasteiger partial charge is 0.331 e. The highest BCUT2D eigenvalue weighted by molar-refractivity contribution is 14.1. The van der Waals surface area contributed by atoms with E-state index in [0.717, 1.165) is 14.8 Å². The molecule has 0 bridgehead atoms. The van der Waals surface area contributed by atoms with Crippen molar-refractivity contribution in [3.63, 3.8) is 0 Å². The van der Waals surface area contributed by atoms with Crippen LogP contribution in [0.15, 0.2) is 41.5 Å². The van der Waals surface area contributed by atoms with E-state index in [0.29, 0.717) is 10.7 Å². The third kappa shape index (κ3) is 1.93. The summed E-state index contributed by atoms with van der Waals surface area (Å²) < 4.78 is 2.40. The molecule has 0 aliphatic carbocycles. The van der Waals surface area contributed by atoms with Gasteiger partial charge in [-0.3, -0.25) is 0 Å². The number of aromatic amines is 1. The van der Waals surface area contributed by atoms with Gasteiger partial charge in [-0.2, -0.15) is 0 Å². The Bertz CT molecular complexity index is 776. The fourth-order valence-electron chi connectivity index (χ4n) is 1.72. The molecule has 0 aliphatic heterocycles. The highest BCUT2D eigenvalue weighted by Crippen LogP contribution is 2.21. The molecule has 0 fully saturated rings. The van der Waals surface area contributed by atoms with Gasteiger partial charge in [0.25, 0.3) is 0 Å². The summed E-state index contributed by atoms with van der Waals surface area (Å²) in [5.41, 5.74) is 2.14. The van der Waals surface area contributed by atoms with Gasteiger partial charge in [0.1, 0.15) is 0 Å². The molecule has 0 atom stereocenters. The quantitative estimate of drug-likeness (QED) is 0.669. The van der Waals surface area contributed by atoms with Crippen LogP contribution in [0.5, 0.6) is 0 Å². The van der Waals surface area contributed by atoms with Crippen molar-refractivity contribution in [1.29, 1.82) is 0 Å². The lowest BCUT2D eigenvalue weighted by molar-refractivity contribution is 0.995. The van der Waals surface area contributed by atoms with Crippen molar-refractivity contribution < 1.29 is 0 Å². The lowest BCUT2D eigenvalue weighted by Crippen LogP contribution is -2.15. The van der Waals surface area contributed by atoms with Crippen molar-refractivity contribution in [2.45, 2.75) is 0 Å². The van der Waals surface area contributed by atoms with E-state index in [1.54, 1.807) is 24.5 Å². The minimum atomic E-state index is -0.196. The van der Waals surface area contributed by atoms with Crippen molar-refractivity contribution in [3.05, 3.63) is 55.7 Å². The van der Waals surface area contributed by atoms with Crippen LogP contribution in [-0.2, 0) is 0 Å². The molecule has 4 nitrogen and oxygen atoms in total. The van der Waals surface area contributed by atoms with Crippen molar-refractivity contribution in [2.75, 3.05) is 0 Å². The fourth-order valence-corrected chi connectivity index (χ4v) is 2.38. The van der Waals surface area contributed by atoms with Crippen LogP contribution in [0.3, 0.4) is 0 Å². The van der Waals surface area contributed by atoms with Crippen LogP contribution in [0.1, 0.15) is 0 Å². The van der Waals surface area contributed by atoms with E-state index in [1.165, 1.54) is 4.40 Å². The normalized spacial score (nSPS) is 11.0. The molecule has 0 unspecified atom stereocenters. The highest BCUT2D eigenvalue weighted by atomic mass is 127. The Morgan fingerprint density at radius 2 is 2.00 bits per heavy atom. The fraction of sp³-hybridized carbons (Fsp3) is 0. The van der Waals surface area contributed by atoms with Crippen LogP contribution in [0.2, 0.25) is 5.02 Å². The van der Waals surface area contributed by atoms with E-state index in [1.807, 2.05) is 12.1 Å². The third-order valence-corrected chi connectivity index (χ3v) is 3.65. The number of H-pyrrole nitrogens is 1. The van der Waals surface area contributed by atoms with Crippen molar-refractivity contribution in [1.82, 2.24) is 14.4 Å².